The summed E-state index contributed by atoms with van der Waals surface area (Å²) in [6.07, 6.45) is -0.566. The molecule has 0 unspecified atom stereocenters. The van der Waals surface area contributed by atoms with Gasteiger partial charge in [0.05, 0.1) is 0 Å². The van der Waals surface area contributed by atoms with Crippen molar-refractivity contribution in [3.8, 4) is 0 Å². The van der Waals surface area contributed by atoms with E-state index in [-0.39, 0.29) is 6.04 Å². The molecule has 0 fully saturated rings. The Kier molecular flexibility index (Phi) is 4.64. The summed E-state index contributed by atoms with van der Waals surface area (Å²) in [5.41, 5.74) is 3.16. The molecule has 110 valence electrons. The molecule has 2 atom stereocenters. The lowest BCUT2D eigenvalue weighted by Gasteiger charge is -2.22. The van der Waals surface area contributed by atoms with E-state index in [1.165, 1.54) is 0 Å². The number of nitrogens with two attached hydrogens (primary N) is 1. The summed E-state index contributed by atoms with van der Waals surface area (Å²) < 4.78 is 0. The van der Waals surface area contributed by atoms with E-state index in [1.807, 2.05) is 66.7 Å². The molecule has 3 aromatic carbocycles. The van der Waals surface area contributed by atoms with E-state index in [0.717, 1.165) is 16.8 Å². The third kappa shape index (κ3) is 3.42. The van der Waals surface area contributed by atoms with Crippen molar-refractivity contribution in [2.45, 2.75) is 12.1 Å². The van der Waals surface area contributed by atoms with E-state index >= 15 is 0 Å². The van der Waals surface area contributed by atoms with Crippen LogP contribution >= 0.6 is 0 Å². The van der Waals surface area contributed by atoms with E-state index in [0.29, 0.717) is 0 Å². The molecule has 0 aliphatic rings. The van der Waals surface area contributed by atoms with Gasteiger partial charge in [0.25, 0.3) is 0 Å². The zero-order valence-corrected chi connectivity index (χ0v) is 12.3. The minimum absolute atomic E-state index is 0.0778. The molecule has 2 nitrogen and oxygen atoms in total. The molecule has 0 saturated carbocycles. The number of aliphatic hydroxyl groups excluding tert-OH is 1. The van der Waals surface area contributed by atoms with Crippen LogP contribution in [-0.2, 0) is 0 Å². The molecule has 0 spiro atoms. The summed E-state index contributed by atoms with van der Waals surface area (Å²) in [6.45, 7) is 0. The fourth-order valence-electron chi connectivity index (χ4n) is 2.67. The number of para-hydroxylation sites is 1. The second kappa shape index (κ2) is 7.03. The molecule has 0 aliphatic carbocycles. The van der Waals surface area contributed by atoms with Crippen LogP contribution in [0.3, 0.4) is 0 Å². The maximum atomic E-state index is 10.9. The van der Waals surface area contributed by atoms with Crippen molar-refractivity contribution in [1.29, 1.82) is 0 Å². The molecule has 0 aliphatic heterocycles. The van der Waals surface area contributed by atoms with Crippen LogP contribution in [0, 0.1) is 0 Å². The molecule has 0 radical (unpaired) electrons. The van der Waals surface area contributed by atoms with E-state index in [9.17, 15) is 5.11 Å². The van der Waals surface area contributed by atoms with Gasteiger partial charge in [-0.3, -0.25) is 0 Å². The van der Waals surface area contributed by atoms with Crippen LogP contribution in [0.4, 0.5) is 5.69 Å². The van der Waals surface area contributed by atoms with Gasteiger partial charge in [0.1, 0.15) is 17.8 Å². The topological polar surface area (TPSA) is 36.8 Å². The molecule has 0 amide bonds. The fourth-order valence-corrected chi connectivity index (χ4v) is 2.67. The minimum Gasteiger partial charge on any atom is -0.382 e. The standard InChI is InChI=1S/C20H19NO/c22-20(17-12-6-2-7-13-17)19(16-10-4-1-5-11-16)21-18-14-8-3-9-15-18/h1-15,19-22H/p+1/t19-,20-/m0/s1. The van der Waals surface area contributed by atoms with Crippen molar-refractivity contribution in [3.63, 3.8) is 0 Å². The zero-order chi connectivity index (χ0) is 15.2. The van der Waals surface area contributed by atoms with Gasteiger partial charge in [0, 0.05) is 5.56 Å². The summed E-state index contributed by atoms with van der Waals surface area (Å²) in [7, 11) is 0. The van der Waals surface area contributed by atoms with Gasteiger partial charge in [0.2, 0.25) is 0 Å². The average Bonchev–Trinajstić information content (AvgIpc) is 2.61. The highest BCUT2D eigenvalue weighted by Crippen LogP contribution is 2.26. The zero-order valence-electron chi connectivity index (χ0n) is 12.3. The van der Waals surface area contributed by atoms with E-state index in [1.54, 1.807) is 0 Å². The lowest BCUT2D eigenvalue weighted by molar-refractivity contribution is -0.629. The molecule has 0 heterocycles. The Morgan fingerprint density at radius 3 is 1.59 bits per heavy atom. The second-order valence-electron chi connectivity index (χ2n) is 5.37. The Morgan fingerprint density at radius 2 is 1.05 bits per heavy atom. The van der Waals surface area contributed by atoms with Crippen molar-refractivity contribution in [3.05, 3.63) is 102 Å². The van der Waals surface area contributed by atoms with E-state index in [2.05, 4.69) is 29.6 Å². The lowest BCUT2D eigenvalue weighted by Crippen LogP contribution is -2.80. The first kappa shape index (κ1) is 14.5. The van der Waals surface area contributed by atoms with Crippen LogP contribution in [0.5, 0.6) is 0 Å². The monoisotopic (exact) mass is 290 g/mol. The molecule has 0 aromatic heterocycles. The van der Waals surface area contributed by atoms with Crippen molar-refractivity contribution in [2.75, 3.05) is 0 Å². The Hall–Kier alpha value is -2.42. The number of aliphatic hydroxyl groups is 1. The maximum absolute atomic E-state index is 10.9. The Bertz CT molecular complexity index is 683. The van der Waals surface area contributed by atoms with Gasteiger partial charge >= 0.3 is 0 Å². The highest BCUT2D eigenvalue weighted by Gasteiger charge is 2.26. The van der Waals surface area contributed by atoms with Gasteiger partial charge in [0.15, 0.2) is 0 Å². The van der Waals surface area contributed by atoms with Crippen molar-refractivity contribution < 1.29 is 10.4 Å². The average molecular weight is 290 g/mol. The van der Waals surface area contributed by atoms with Crippen LogP contribution < -0.4 is 5.32 Å². The smallest absolute Gasteiger partial charge is 0.147 e. The lowest BCUT2D eigenvalue weighted by atomic mass is 9.95. The minimum atomic E-state index is -0.566. The first-order chi connectivity index (χ1) is 10.8. The van der Waals surface area contributed by atoms with Crippen LogP contribution in [0.15, 0.2) is 91.0 Å². The van der Waals surface area contributed by atoms with Crippen molar-refractivity contribution in [2.24, 2.45) is 0 Å². The predicted octanol–water partition coefficient (Wildman–Crippen LogP) is 3.36. The third-order valence-corrected chi connectivity index (χ3v) is 3.84. The Balaban J connectivity index is 1.93. The van der Waals surface area contributed by atoms with Gasteiger partial charge in [-0.25, -0.2) is 0 Å². The van der Waals surface area contributed by atoms with Gasteiger partial charge in [-0.2, -0.15) is 0 Å². The summed E-state index contributed by atoms with van der Waals surface area (Å²) in [4.78, 5) is 0. The normalized spacial score (nSPS) is 13.5. The summed E-state index contributed by atoms with van der Waals surface area (Å²) in [5, 5.41) is 13.0. The molecule has 22 heavy (non-hydrogen) atoms. The molecule has 0 bridgehead atoms. The molecule has 0 saturated heterocycles. The number of quaternary nitrogens is 1. The summed E-state index contributed by atoms with van der Waals surface area (Å²) in [6, 6.07) is 30.1. The maximum Gasteiger partial charge on any atom is 0.147 e. The first-order valence-electron chi connectivity index (χ1n) is 7.52. The van der Waals surface area contributed by atoms with Crippen LogP contribution in [0.1, 0.15) is 23.3 Å². The molecule has 3 aromatic rings. The van der Waals surface area contributed by atoms with Crippen LogP contribution in [-0.4, -0.2) is 5.11 Å². The highest BCUT2D eigenvalue weighted by molar-refractivity contribution is 5.30. The molecular formula is C20H20NO+. The third-order valence-electron chi connectivity index (χ3n) is 3.84. The number of benzene rings is 3. The SMILES string of the molecule is O[C@@H](c1ccccc1)[C@@H]([NH2+]c1ccccc1)c1ccccc1. The van der Waals surface area contributed by atoms with E-state index < -0.39 is 6.10 Å². The number of hydrogen-bond acceptors (Lipinski definition) is 1. The predicted molar refractivity (Wildman–Crippen MR) is 88.6 cm³/mol. The number of hydrogen-bond donors (Lipinski definition) is 2. The Labute approximate surface area is 131 Å². The van der Waals surface area contributed by atoms with Gasteiger partial charge in [-0.05, 0) is 17.7 Å². The molecule has 3 rings (SSSR count). The van der Waals surface area contributed by atoms with Crippen molar-refractivity contribution in [1.82, 2.24) is 0 Å². The Morgan fingerprint density at radius 1 is 0.591 bits per heavy atom. The van der Waals surface area contributed by atoms with Crippen LogP contribution in [0.25, 0.3) is 0 Å². The summed E-state index contributed by atoms with van der Waals surface area (Å²) >= 11 is 0. The highest BCUT2D eigenvalue weighted by atomic mass is 16.3. The van der Waals surface area contributed by atoms with Gasteiger partial charge in [-0.1, -0.05) is 78.9 Å². The second-order valence-corrected chi connectivity index (χ2v) is 5.37. The van der Waals surface area contributed by atoms with E-state index in [4.69, 9.17) is 0 Å². The molecular weight excluding hydrogens is 270 g/mol. The quantitative estimate of drug-likeness (QED) is 0.695. The first-order valence-corrected chi connectivity index (χ1v) is 7.52. The number of rotatable bonds is 5. The van der Waals surface area contributed by atoms with Crippen molar-refractivity contribution >= 4 is 5.69 Å². The summed E-state index contributed by atoms with van der Waals surface area (Å²) in [5.74, 6) is 0. The fraction of sp³-hybridized carbons (Fsp3) is 0.100. The van der Waals surface area contributed by atoms with Gasteiger partial charge < -0.3 is 10.4 Å². The van der Waals surface area contributed by atoms with Gasteiger partial charge in [-0.15, -0.1) is 0 Å². The largest absolute Gasteiger partial charge is 0.382 e. The van der Waals surface area contributed by atoms with Crippen LogP contribution in [0.2, 0.25) is 0 Å². The molecule has 3 N–H and O–H groups in total. The molecule has 2 heteroatoms.